The van der Waals surface area contributed by atoms with E-state index in [1.54, 1.807) is 18.2 Å². The molecule has 2 N–H and O–H groups in total. The molecule has 0 fully saturated rings. The molecule has 0 atom stereocenters. The molecule has 1 aromatic heterocycles. The summed E-state index contributed by atoms with van der Waals surface area (Å²) in [6.45, 7) is 5.88. The molecule has 0 spiro atoms. The maximum atomic E-state index is 12.9. The average molecular weight is 391 g/mol. The van der Waals surface area contributed by atoms with Crippen molar-refractivity contribution in [3.63, 3.8) is 0 Å². The first kappa shape index (κ1) is 19.6. The molecule has 0 aliphatic carbocycles. The Hall–Kier alpha value is -3.18. The van der Waals surface area contributed by atoms with Gasteiger partial charge in [-0.3, -0.25) is 9.59 Å². The van der Waals surface area contributed by atoms with Gasteiger partial charge in [0, 0.05) is 16.1 Å². The maximum Gasteiger partial charge on any atom is 0.272 e. The summed E-state index contributed by atoms with van der Waals surface area (Å²) in [7, 11) is 0. The lowest BCUT2D eigenvalue weighted by Crippen LogP contribution is -2.31. The summed E-state index contributed by atoms with van der Waals surface area (Å²) in [4.78, 5) is 26.5. The van der Waals surface area contributed by atoms with Gasteiger partial charge in [-0.25, -0.2) is 0 Å². The summed E-state index contributed by atoms with van der Waals surface area (Å²) in [5, 5.41) is 7.58. The Labute approximate surface area is 168 Å². The van der Waals surface area contributed by atoms with Crippen molar-refractivity contribution in [2.75, 3.05) is 5.32 Å². The smallest absolute Gasteiger partial charge is 0.272 e. The molecule has 3 rings (SSSR count). The largest absolute Gasteiger partial charge is 0.321 e. The molecule has 2 aromatic carbocycles. The Morgan fingerprint density at radius 3 is 2.36 bits per heavy atom. The van der Waals surface area contributed by atoms with Crippen LogP contribution >= 0.6 is 11.3 Å². The zero-order valence-corrected chi connectivity index (χ0v) is 16.9. The van der Waals surface area contributed by atoms with Crippen LogP contribution in [0.25, 0.3) is 6.08 Å². The maximum absolute atomic E-state index is 12.9. The average Bonchev–Trinajstić information content (AvgIpc) is 3.17. The van der Waals surface area contributed by atoms with E-state index in [0.29, 0.717) is 11.3 Å². The molecule has 4 nitrogen and oxygen atoms in total. The molecular formula is C23H22N2O2S. The molecule has 0 aliphatic heterocycles. The zero-order chi connectivity index (χ0) is 20.1. The number of benzene rings is 2. The van der Waals surface area contributed by atoms with Gasteiger partial charge in [0.2, 0.25) is 0 Å². The van der Waals surface area contributed by atoms with E-state index in [1.807, 2.05) is 68.6 Å². The number of hydrogen-bond donors (Lipinski definition) is 2. The fourth-order valence-electron chi connectivity index (χ4n) is 2.71. The van der Waals surface area contributed by atoms with Crippen LogP contribution in [0.5, 0.6) is 0 Å². The van der Waals surface area contributed by atoms with Crippen molar-refractivity contribution >= 4 is 34.9 Å². The lowest BCUT2D eigenvalue weighted by molar-refractivity contribution is -0.113. The van der Waals surface area contributed by atoms with E-state index in [0.717, 1.165) is 21.6 Å². The molecule has 5 heteroatoms. The molecular weight excluding hydrogens is 368 g/mol. The van der Waals surface area contributed by atoms with Gasteiger partial charge >= 0.3 is 0 Å². The molecule has 1 heterocycles. The van der Waals surface area contributed by atoms with Crippen molar-refractivity contribution in [2.45, 2.75) is 20.8 Å². The first-order chi connectivity index (χ1) is 13.4. The SMILES string of the molecule is Cc1ccc(NC(=O)/C(=C/c2cccs2)NC(=O)c2ccccc2C)cc1C. The number of hydrogen-bond acceptors (Lipinski definition) is 3. The third-order valence-electron chi connectivity index (χ3n) is 4.48. The Bertz CT molecular complexity index is 1040. The Morgan fingerprint density at radius 2 is 1.68 bits per heavy atom. The normalized spacial score (nSPS) is 11.2. The molecule has 0 bridgehead atoms. The number of carbonyl (C=O) groups is 2. The van der Waals surface area contributed by atoms with Crippen molar-refractivity contribution in [2.24, 2.45) is 0 Å². The van der Waals surface area contributed by atoms with E-state index >= 15 is 0 Å². The van der Waals surface area contributed by atoms with Crippen molar-refractivity contribution in [3.8, 4) is 0 Å². The van der Waals surface area contributed by atoms with E-state index in [1.165, 1.54) is 11.3 Å². The number of carbonyl (C=O) groups excluding carboxylic acids is 2. The first-order valence-corrected chi connectivity index (χ1v) is 9.83. The fourth-order valence-corrected chi connectivity index (χ4v) is 3.37. The summed E-state index contributed by atoms with van der Waals surface area (Å²) in [6.07, 6.45) is 1.69. The van der Waals surface area contributed by atoms with Gasteiger partial charge in [0.1, 0.15) is 5.70 Å². The van der Waals surface area contributed by atoms with E-state index in [9.17, 15) is 9.59 Å². The summed E-state index contributed by atoms with van der Waals surface area (Å²) >= 11 is 1.50. The second-order valence-electron chi connectivity index (χ2n) is 6.60. The number of rotatable bonds is 5. The molecule has 142 valence electrons. The van der Waals surface area contributed by atoms with E-state index in [2.05, 4.69) is 10.6 Å². The number of aryl methyl sites for hydroxylation is 3. The van der Waals surface area contributed by atoms with Gasteiger partial charge in [0.15, 0.2) is 0 Å². The fraction of sp³-hybridized carbons (Fsp3) is 0.130. The minimum atomic E-state index is -0.362. The second-order valence-corrected chi connectivity index (χ2v) is 7.57. The Morgan fingerprint density at radius 1 is 0.893 bits per heavy atom. The van der Waals surface area contributed by atoms with E-state index in [4.69, 9.17) is 0 Å². The Kier molecular flexibility index (Phi) is 6.06. The van der Waals surface area contributed by atoms with E-state index < -0.39 is 0 Å². The highest BCUT2D eigenvalue weighted by atomic mass is 32.1. The molecule has 0 saturated heterocycles. The van der Waals surface area contributed by atoms with Crippen LogP contribution in [0.1, 0.15) is 31.9 Å². The van der Waals surface area contributed by atoms with Crippen LogP contribution in [0.3, 0.4) is 0 Å². The zero-order valence-electron chi connectivity index (χ0n) is 16.1. The van der Waals surface area contributed by atoms with Crippen molar-refractivity contribution in [1.29, 1.82) is 0 Å². The van der Waals surface area contributed by atoms with Crippen LogP contribution in [-0.4, -0.2) is 11.8 Å². The molecule has 28 heavy (non-hydrogen) atoms. The number of thiophene rings is 1. The Balaban J connectivity index is 1.86. The highest BCUT2D eigenvalue weighted by Crippen LogP contribution is 2.17. The highest BCUT2D eigenvalue weighted by molar-refractivity contribution is 7.10. The summed E-state index contributed by atoms with van der Waals surface area (Å²) < 4.78 is 0. The van der Waals surface area contributed by atoms with Crippen LogP contribution in [-0.2, 0) is 4.79 Å². The lowest BCUT2D eigenvalue weighted by atomic mass is 10.1. The molecule has 0 radical (unpaired) electrons. The third-order valence-corrected chi connectivity index (χ3v) is 5.30. The molecule has 0 aliphatic rings. The minimum Gasteiger partial charge on any atom is -0.321 e. The van der Waals surface area contributed by atoms with Crippen molar-refractivity contribution < 1.29 is 9.59 Å². The predicted molar refractivity (Wildman–Crippen MR) is 115 cm³/mol. The van der Waals surface area contributed by atoms with Gasteiger partial charge in [0.05, 0.1) is 0 Å². The van der Waals surface area contributed by atoms with Crippen LogP contribution in [0, 0.1) is 20.8 Å². The topological polar surface area (TPSA) is 58.2 Å². The van der Waals surface area contributed by atoms with Crippen molar-refractivity contribution in [3.05, 3.63) is 92.8 Å². The third kappa shape index (κ3) is 4.75. The van der Waals surface area contributed by atoms with Crippen LogP contribution in [0.2, 0.25) is 0 Å². The molecule has 2 amide bonds. The first-order valence-electron chi connectivity index (χ1n) is 8.95. The molecule has 0 saturated carbocycles. The highest BCUT2D eigenvalue weighted by Gasteiger charge is 2.16. The lowest BCUT2D eigenvalue weighted by Gasteiger charge is -2.13. The van der Waals surface area contributed by atoms with E-state index in [-0.39, 0.29) is 17.5 Å². The molecule has 0 unspecified atom stereocenters. The monoisotopic (exact) mass is 390 g/mol. The number of amides is 2. The van der Waals surface area contributed by atoms with Gasteiger partial charge in [-0.1, -0.05) is 30.3 Å². The van der Waals surface area contributed by atoms with Gasteiger partial charge in [-0.15, -0.1) is 11.3 Å². The summed E-state index contributed by atoms with van der Waals surface area (Å²) in [5.41, 5.74) is 4.53. The van der Waals surface area contributed by atoms with Gasteiger partial charge in [-0.05, 0) is 73.2 Å². The summed E-state index contributed by atoms with van der Waals surface area (Å²) in [5.74, 6) is -0.672. The van der Waals surface area contributed by atoms with Crippen LogP contribution in [0.4, 0.5) is 5.69 Å². The van der Waals surface area contributed by atoms with Crippen LogP contribution in [0.15, 0.2) is 65.7 Å². The van der Waals surface area contributed by atoms with Gasteiger partial charge in [0.25, 0.3) is 11.8 Å². The number of nitrogens with one attached hydrogen (secondary N) is 2. The summed E-state index contributed by atoms with van der Waals surface area (Å²) in [6, 6.07) is 16.8. The van der Waals surface area contributed by atoms with Crippen LogP contribution < -0.4 is 10.6 Å². The van der Waals surface area contributed by atoms with Gasteiger partial charge < -0.3 is 10.6 Å². The predicted octanol–water partition coefficient (Wildman–Crippen LogP) is 5.08. The minimum absolute atomic E-state index is 0.203. The standard InChI is InChI=1S/C23H22N2O2S/c1-15-10-11-18(13-17(15)3)24-23(27)21(14-19-8-6-12-28-19)25-22(26)20-9-5-4-7-16(20)2/h4-14H,1-3H3,(H,24,27)(H,25,26)/b21-14-. The molecule has 3 aromatic rings. The van der Waals surface area contributed by atoms with Crippen molar-refractivity contribution in [1.82, 2.24) is 5.32 Å². The quantitative estimate of drug-likeness (QED) is 0.597. The van der Waals surface area contributed by atoms with Gasteiger partial charge in [-0.2, -0.15) is 0 Å². The second kappa shape index (κ2) is 8.67. The number of anilines is 1.